The Labute approximate surface area is 160 Å². The predicted molar refractivity (Wildman–Crippen MR) is 105 cm³/mol. The molecule has 0 unspecified atom stereocenters. The van der Waals surface area contributed by atoms with Gasteiger partial charge in [-0.2, -0.15) is 0 Å². The van der Waals surface area contributed by atoms with Crippen molar-refractivity contribution < 1.29 is 19.5 Å². The molecular weight excluding hydrogens is 362 g/mol. The number of nitrogens with two attached hydrogens (primary N) is 1. The Bertz CT molecular complexity index is 1020. The quantitative estimate of drug-likeness (QED) is 0.488. The topological polar surface area (TPSA) is 150 Å². The van der Waals surface area contributed by atoms with Crippen molar-refractivity contribution in [2.75, 3.05) is 5.32 Å². The van der Waals surface area contributed by atoms with Crippen molar-refractivity contribution in [1.29, 1.82) is 0 Å². The standard InChI is InChI=1S/C19H19N5O4/c1-10(16-4-11(7-21-16)8-23-17(25)6-18(26)27)14-9-22-15-3-2-12(5-13(14)15)24-19(20)28/h2-5,7,9,21H,6,8H2,1H3,(H,23,25)(H,26,27)(H3,20,24,28). The fourth-order valence-electron chi connectivity index (χ4n) is 2.89. The van der Waals surface area contributed by atoms with Gasteiger partial charge in [-0.1, -0.05) is 0 Å². The molecule has 1 aromatic heterocycles. The first-order chi connectivity index (χ1) is 13.3. The van der Waals surface area contributed by atoms with Gasteiger partial charge in [0, 0.05) is 41.5 Å². The molecule has 3 amide bonds. The summed E-state index contributed by atoms with van der Waals surface area (Å²) in [4.78, 5) is 40.6. The molecule has 0 atom stereocenters. The fourth-order valence-corrected chi connectivity index (χ4v) is 2.89. The van der Waals surface area contributed by atoms with Crippen LogP contribution in [0.5, 0.6) is 0 Å². The highest BCUT2D eigenvalue weighted by Gasteiger charge is 2.17. The lowest BCUT2D eigenvalue weighted by molar-refractivity contribution is -0.140. The first-order valence-corrected chi connectivity index (χ1v) is 8.45. The Morgan fingerprint density at radius 1 is 1.25 bits per heavy atom. The molecule has 0 radical (unpaired) electrons. The number of carbonyl (C=O) groups is 3. The van der Waals surface area contributed by atoms with Gasteiger partial charge in [0.2, 0.25) is 5.91 Å². The molecule has 2 aromatic rings. The van der Waals surface area contributed by atoms with Crippen molar-refractivity contribution in [3.05, 3.63) is 47.3 Å². The monoisotopic (exact) mass is 381 g/mol. The molecule has 3 rings (SSSR count). The molecule has 0 fully saturated rings. The lowest BCUT2D eigenvalue weighted by Crippen LogP contribution is -2.24. The maximum absolute atomic E-state index is 11.5. The molecule has 0 spiro atoms. The number of aromatic nitrogens is 1. The number of carbonyl (C=O) groups excluding carboxylic acids is 2. The van der Waals surface area contributed by atoms with E-state index in [1.54, 1.807) is 24.5 Å². The minimum atomic E-state index is -1.17. The number of carboxylic acid groups (broad SMARTS) is 1. The summed E-state index contributed by atoms with van der Waals surface area (Å²) in [7, 11) is 0. The number of urea groups is 1. The summed E-state index contributed by atoms with van der Waals surface area (Å²) in [6, 6.07) is 6.57. The maximum atomic E-state index is 11.5. The van der Waals surface area contributed by atoms with Crippen LogP contribution < -0.4 is 16.4 Å². The van der Waals surface area contributed by atoms with Gasteiger partial charge >= 0.3 is 12.0 Å². The Balaban J connectivity index is 1.79. The lowest BCUT2D eigenvalue weighted by atomic mass is 9.99. The largest absolute Gasteiger partial charge is 0.481 e. The molecule has 0 saturated carbocycles. The lowest BCUT2D eigenvalue weighted by Gasteiger charge is -2.08. The van der Waals surface area contributed by atoms with Crippen LogP contribution in [0.25, 0.3) is 11.1 Å². The van der Waals surface area contributed by atoms with Crippen molar-refractivity contribution in [2.24, 2.45) is 10.7 Å². The molecule has 6 N–H and O–H groups in total. The molecule has 28 heavy (non-hydrogen) atoms. The van der Waals surface area contributed by atoms with Crippen LogP contribution >= 0.6 is 0 Å². The predicted octanol–water partition coefficient (Wildman–Crippen LogP) is 2.24. The molecule has 2 heterocycles. The minimum Gasteiger partial charge on any atom is -0.481 e. The summed E-state index contributed by atoms with van der Waals surface area (Å²) in [5.41, 5.74) is 10.9. The number of aliphatic imine (C=N–C) groups is 1. The van der Waals surface area contributed by atoms with Crippen LogP contribution in [0.2, 0.25) is 0 Å². The molecule has 1 aliphatic rings. The summed E-state index contributed by atoms with van der Waals surface area (Å²) in [5.74, 6) is -1.71. The first-order valence-electron chi connectivity index (χ1n) is 8.45. The second-order valence-electron chi connectivity index (χ2n) is 6.29. The number of amides is 3. The molecule has 144 valence electrons. The van der Waals surface area contributed by atoms with E-state index in [-0.39, 0.29) is 6.54 Å². The second-order valence-corrected chi connectivity index (χ2v) is 6.29. The van der Waals surface area contributed by atoms with Gasteiger partial charge < -0.3 is 26.5 Å². The number of benzene rings is 1. The number of rotatable bonds is 6. The average Bonchev–Trinajstić information content (AvgIpc) is 3.25. The van der Waals surface area contributed by atoms with E-state index < -0.39 is 24.3 Å². The highest BCUT2D eigenvalue weighted by molar-refractivity contribution is 6.24. The average molecular weight is 381 g/mol. The number of aromatic amines is 1. The second kappa shape index (κ2) is 7.78. The number of anilines is 1. The molecule has 0 saturated heterocycles. The van der Waals surface area contributed by atoms with Gasteiger partial charge in [-0.25, -0.2) is 4.79 Å². The van der Waals surface area contributed by atoms with Crippen LogP contribution in [0, 0.1) is 0 Å². The molecular formula is C19H19N5O4. The Morgan fingerprint density at radius 3 is 2.75 bits per heavy atom. The number of fused-ring (bicyclic) bond motifs is 1. The zero-order valence-electron chi connectivity index (χ0n) is 15.1. The van der Waals surface area contributed by atoms with E-state index in [4.69, 9.17) is 10.8 Å². The summed E-state index contributed by atoms with van der Waals surface area (Å²) in [6.45, 7) is 2.16. The smallest absolute Gasteiger partial charge is 0.316 e. The molecule has 0 bridgehead atoms. The minimum absolute atomic E-state index is 0.225. The molecule has 0 aliphatic carbocycles. The zero-order valence-corrected chi connectivity index (χ0v) is 15.1. The van der Waals surface area contributed by atoms with Gasteiger partial charge in [-0.05, 0) is 42.3 Å². The number of hydrogen-bond acceptors (Lipinski definition) is 4. The summed E-state index contributed by atoms with van der Waals surface area (Å²) in [5, 5.41) is 13.7. The van der Waals surface area contributed by atoms with E-state index in [1.807, 2.05) is 19.1 Å². The SMILES string of the molecule is CC(=C1C=Nc2ccc(NC(N)=O)cc21)c1cc(CNC(=O)CC(=O)O)c[nH]1. The van der Waals surface area contributed by atoms with Gasteiger partial charge in [0.1, 0.15) is 6.42 Å². The van der Waals surface area contributed by atoms with Crippen molar-refractivity contribution in [3.63, 3.8) is 0 Å². The molecule has 1 aliphatic heterocycles. The summed E-state index contributed by atoms with van der Waals surface area (Å²) >= 11 is 0. The van der Waals surface area contributed by atoms with Crippen LogP contribution in [0.4, 0.5) is 16.2 Å². The third-order valence-corrected chi connectivity index (χ3v) is 4.24. The number of aliphatic carboxylic acids is 1. The van der Waals surface area contributed by atoms with Crippen LogP contribution in [0.1, 0.15) is 30.2 Å². The third kappa shape index (κ3) is 4.26. The normalized spacial score (nSPS) is 13.8. The zero-order chi connectivity index (χ0) is 20.3. The van der Waals surface area contributed by atoms with E-state index in [2.05, 4.69) is 20.6 Å². The third-order valence-electron chi connectivity index (χ3n) is 4.24. The fraction of sp³-hybridized carbons (Fsp3) is 0.158. The molecule has 9 nitrogen and oxygen atoms in total. The Kier molecular flexibility index (Phi) is 5.25. The number of allylic oxidation sites excluding steroid dienone is 2. The molecule has 1 aromatic carbocycles. The Morgan fingerprint density at radius 2 is 2.04 bits per heavy atom. The van der Waals surface area contributed by atoms with Crippen molar-refractivity contribution in [2.45, 2.75) is 19.9 Å². The number of nitrogens with zero attached hydrogens (tertiary/aromatic N) is 1. The number of nitrogens with one attached hydrogen (secondary N) is 3. The van der Waals surface area contributed by atoms with Gasteiger partial charge in [0.15, 0.2) is 0 Å². The summed E-state index contributed by atoms with van der Waals surface area (Å²) in [6.07, 6.45) is 2.94. The first kappa shape index (κ1) is 18.9. The van der Waals surface area contributed by atoms with Crippen LogP contribution in [-0.4, -0.2) is 34.2 Å². The highest BCUT2D eigenvalue weighted by atomic mass is 16.4. The maximum Gasteiger partial charge on any atom is 0.316 e. The summed E-state index contributed by atoms with van der Waals surface area (Å²) < 4.78 is 0. The van der Waals surface area contributed by atoms with E-state index in [0.29, 0.717) is 5.69 Å². The van der Waals surface area contributed by atoms with E-state index in [9.17, 15) is 14.4 Å². The van der Waals surface area contributed by atoms with Crippen molar-refractivity contribution in [1.82, 2.24) is 10.3 Å². The van der Waals surface area contributed by atoms with Crippen LogP contribution in [-0.2, 0) is 16.1 Å². The van der Waals surface area contributed by atoms with Gasteiger partial charge in [-0.15, -0.1) is 0 Å². The number of carboxylic acids is 1. The van der Waals surface area contributed by atoms with Crippen molar-refractivity contribution >= 4 is 46.6 Å². The number of primary amides is 1. The van der Waals surface area contributed by atoms with Crippen LogP contribution in [0.3, 0.4) is 0 Å². The van der Waals surface area contributed by atoms with Crippen molar-refractivity contribution in [3.8, 4) is 0 Å². The van der Waals surface area contributed by atoms with E-state index in [0.717, 1.165) is 33.7 Å². The number of H-pyrrole nitrogens is 1. The van der Waals surface area contributed by atoms with Crippen LogP contribution in [0.15, 0.2) is 35.5 Å². The molecule has 9 heteroatoms. The van der Waals surface area contributed by atoms with Gasteiger partial charge in [0.25, 0.3) is 0 Å². The van der Waals surface area contributed by atoms with Gasteiger partial charge in [-0.3, -0.25) is 14.6 Å². The number of hydrogen-bond donors (Lipinski definition) is 5. The van der Waals surface area contributed by atoms with Gasteiger partial charge in [0.05, 0.1) is 5.69 Å². The Hall–Kier alpha value is -3.88. The van der Waals surface area contributed by atoms with E-state index >= 15 is 0 Å². The highest BCUT2D eigenvalue weighted by Crippen LogP contribution is 2.37. The van der Waals surface area contributed by atoms with E-state index in [1.165, 1.54) is 0 Å².